The number of fused-ring (bicyclic) bond motifs is 1. The summed E-state index contributed by atoms with van der Waals surface area (Å²) in [7, 11) is 0. The van der Waals surface area contributed by atoms with E-state index >= 15 is 0 Å². The van der Waals surface area contributed by atoms with Gasteiger partial charge in [0.1, 0.15) is 0 Å². The molecule has 0 saturated heterocycles. The predicted octanol–water partition coefficient (Wildman–Crippen LogP) is 4.14. The predicted molar refractivity (Wildman–Crippen MR) is 108 cm³/mol. The molecule has 0 saturated carbocycles. The van der Waals surface area contributed by atoms with Gasteiger partial charge in [0, 0.05) is 23.5 Å². The number of hydrogen-bond acceptors (Lipinski definition) is 3. The summed E-state index contributed by atoms with van der Waals surface area (Å²) >= 11 is 6.15. The van der Waals surface area contributed by atoms with Gasteiger partial charge in [0.2, 0.25) is 5.91 Å². The number of anilines is 1. The zero-order valence-electron chi connectivity index (χ0n) is 15.0. The fourth-order valence-corrected chi connectivity index (χ4v) is 3.62. The molecule has 6 heteroatoms. The molecule has 0 unspecified atom stereocenters. The number of pyridine rings is 1. The summed E-state index contributed by atoms with van der Waals surface area (Å²) < 4.78 is 0. The third-order valence-electron chi connectivity index (χ3n) is 4.76. The van der Waals surface area contributed by atoms with E-state index in [1.54, 1.807) is 29.3 Å². The van der Waals surface area contributed by atoms with E-state index in [4.69, 9.17) is 11.6 Å². The summed E-state index contributed by atoms with van der Waals surface area (Å²) in [6, 6.07) is 19.8. The lowest BCUT2D eigenvalue weighted by Crippen LogP contribution is -2.33. The van der Waals surface area contributed by atoms with Crippen LogP contribution in [0.4, 0.5) is 5.69 Å². The van der Waals surface area contributed by atoms with Gasteiger partial charge in [0.25, 0.3) is 5.91 Å². The first-order chi connectivity index (χ1) is 13.6. The summed E-state index contributed by atoms with van der Waals surface area (Å²) in [6.07, 6.45) is 1.77. The molecule has 1 atom stereocenters. The van der Waals surface area contributed by atoms with E-state index in [1.165, 1.54) is 0 Å². The quantitative estimate of drug-likeness (QED) is 0.710. The molecule has 1 N–H and O–H groups in total. The van der Waals surface area contributed by atoms with Crippen molar-refractivity contribution in [3.8, 4) is 0 Å². The van der Waals surface area contributed by atoms with Crippen LogP contribution in [0.1, 0.15) is 34.1 Å². The van der Waals surface area contributed by atoms with Gasteiger partial charge in [0.15, 0.2) is 0 Å². The minimum Gasteiger partial charge on any atom is -0.352 e. The van der Waals surface area contributed by atoms with Crippen molar-refractivity contribution in [1.82, 2.24) is 10.3 Å². The molecule has 28 heavy (non-hydrogen) atoms. The van der Waals surface area contributed by atoms with Crippen LogP contribution in [0.2, 0.25) is 5.02 Å². The van der Waals surface area contributed by atoms with Crippen molar-refractivity contribution in [2.75, 3.05) is 4.90 Å². The van der Waals surface area contributed by atoms with Crippen molar-refractivity contribution in [2.24, 2.45) is 0 Å². The Morgan fingerprint density at radius 1 is 1.04 bits per heavy atom. The van der Waals surface area contributed by atoms with Crippen LogP contribution in [0.15, 0.2) is 72.9 Å². The molecule has 0 radical (unpaired) electrons. The van der Waals surface area contributed by atoms with Gasteiger partial charge in [-0.3, -0.25) is 19.5 Å². The van der Waals surface area contributed by atoms with E-state index in [0.29, 0.717) is 22.8 Å². The average Bonchev–Trinajstić information content (AvgIpc) is 3.00. The topological polar surface area (TPSA) is 62.3 Å². The highest BCUT2D eigenvalue weighted by molar-refractivity contribution is 6.31. The number of rotatable bonds is 5. The Kier molecular flexibility index (Phi) is 5.08. The number of hydrogen-bond donors (Lipinski definition) is 1. The van der Waals surface area contributed by atoms with Crippen LogP contribution in [0, 0.1) is 0 Å². The molecule has 0 bridgehead atoms. The maximum absolute atomic E-state index is 12.9. The number of benzene rings is 2. The lowest BCUT2D eigenvalue weighted by Gasteiger charge is -2.24. The number of carbonyl (C=O) groups excluding carboxylic acids is 2. The summed E-state index contributed by atoms with van der Waals surface area (Å²) in [6.45, 7) is 0.333. The highest BCUT2D eigenvalue weighted by Gasteiger charge is 2.39. The summed E-state index contributed by atoms with van der Waals surface area (Å²) in [4.78, 5) is 31.6. The molecule has 2 heterocycles. The van der Waals surface area contributed by atoms with Crippen LogP contribution in [0.25, 0.3) is 0 Å². The van der Waals surface area contributed by atoms with E-state index in [0.717, 1.165) is 11.3 Å². The van der Waals surface area contributed by atoms with Crippen LogP contribution >= 0.6 is 11.6 Å². The molecule has 3 aromatic rings. The number of halogens is 1. The Morgan fingerprint density at radius 3 is 2.57 bits per heavy atom. The van der Waals surface area contributed by atoms with Gasteiger partial charge in [-0.1, -0.05) is 48.0 Å². The molecular formula is C22H18ClN3O2. The van der Waals surface area contributed by atoms with E-state index in [2.05, 4.69) is 10.3 Å². The number of nitrogens with zero attached hydrogens (tertiary/aromatic N) is 2. The standard InChI is InChI=1S/C22H18ClN3O2/c23-18-11-5-4-7-15(18)14-25-20(27)13-19-21-17(10-6-12-24-21)22(28)26(19)16-8-2-1-3-9-16/h1-12,19H,13-14H2,(H,25,27)/t19-/m0/s1. The number of amides is 2. The van der Waals surface area contributed by atoms with Crippen LogP contribution in [-0.2, 0) is 11.3 Å². The second-order valence-electron chi connectivity index (χ2n) is 6.53. The van der Waals surface area contributed by atoms with Crippen molar-refractivity contribution in [2.45, 2.75) is 19.0 Å². The van der Waals surface area contributed by atoms with E-state index < -0.39 is 6.04 Å². The van der Waals surface area contributed by atoms with Gasteiger partial charge in [-0.15, -0.1) is 0 Å². The molecule has 4 rings (SSSR count). The first kappa shape index (κ1) is 18.2. The molecule has 1 aliphatic rings. The van der Waals surface area contributed by atoms with E-state index in [-0.39, 0.29) is 18.2 Å². The average molecular weight is 392 g/mol. The van der Waals surface area contributed by atoms with Gasteiger partial charge in [-0.2, -0.15) is 0 Å². The van der Waals surface area contributed by atoms with Crippen LogP contribution in [0.3, 0.4) is 0 Å². The molecule has 0 aliphatic carbocycles. The number of carbonyl (C=O) groups is 2. The third kappa shape index (κ3) is 3.49. The Bertz CT molecular complexity index is 1020. The Labute approximate surface area is 168 Å². The largest absolute Gasteiger partial charge is 0.352 e. The number of aromatic nitrogens is 1. The SMILES string of the molecule is O=C(C[C@H]1c2ncccc2C(=O)N1c1ccccc1)NCc1ccccc1Cl. The normalized spacial score (nSPS) is 15.4. The molecule has 0 spiro atoms. The van der Waals surface area contributed by atoms with Crippen molar-refractivity contribution in [3.63, 3.8) is 0 Å². The van der Waals surface area contributed by atoms with E-state index in [1.807, 2.05) is 48.5 Å². The molecule has 1 aromatic heterocycles. The second-order valence-corrected chi connectivity index (χ2v) is 6.94. The number of para-hydroxylation sites is 1. The Morgan fingerprint density at radius 2 is 1.79 bits per heavy atom. The minimum atomic E-state index is -0.447. The molecule has 2 aromatic carbocycles. The monoisotopic (exact) mass is 391 g/mol. The van der Waals surface area contributed by atoms with Crippen LogP contribution < -0.4 is 10.2 Å². The van der Waals surface area contributed by atoms with Crippen LogP contribution in [0.5, 0.6) is 0 Å². The van der Waals surface area contributed by atoms with Gasteiger partial charge in [0.05, 0.1) is 23.7 Å². The minimum absolute atomic E-state index is 0.120. The molecule has 2 amide bonds. The second kappa shape index (κ2) is 7.82. The third-order valence-corrected chi connectivity index (χ3v) is 5.13. The molecule has 1 aliphatic heterocycles. The summed E-state index contributed by atoms with van der Waals surface area (Å²) in [5.74, 6) is -0.310. The fraction of sp³-hybridized carbons (Fsp3) is 0.136. The van der Waals surface area contributed by atoms with Gasteiger partial charge in [-0.05, 0) is 35.9 Å². The summed E-state index contributed by atoms with van der Waals surface area (Å²) in [5, 5.41) is 3.50. The van der Waals surface area contributed by atoms with Gasteiger partial charge >= 0.3 is 0 Å². The molecular weight excluding hydrogens is 374 g/mol. The molecule has 140 valence electrons. The highest BCUT2D eigenvalue weighted by atomic mass is 35.5. The van der Waals surface area contributed by atoms with Crippen molar-refractivity contribution < 1.29 is 9.59 Å². The van der Waals surface area contributed by atoms with Crippen molar-refractivity contribution >= 4 is 29.1 Å². The van der Waals surface area contributed by atoms with Crippen molar-refractivity contribution in [3.05, 3.63) is 94.8 Å². The smallest absolute Gasteiger partial charge is 0.260 e. The van der Waals surface area contributed by atoms with E-state index in [9.17, 15) is 9.59 Å². The first-order valence-corrected chi connectivity index (χ1v) is 9.36. The lowest BCUT2D eigenvalue weighted by molar-refractivity contribution is -0.121. The highest BCUT2D eigenvalue weighted by Crippen LogP contribution is 2.38. The first-order valence-electron chi connectivity index (χ1n) is 8.99. The molecule has 5 nitrogen and oxygen atoms in total. The van der Waals surface area contributed by atoms with Crippen molar-refractivity contribution in [1.29, 1.82) is 0 Å². The fourth-order valence-electron chi connectivity index (χ4n) is 3.41. The van der Waals surface area contributed by atoms with Gasteiger partial charge in [-0.25, -0.2) is 0 Å². The lowest BCUT2D eigenvalue weighted by atomic mass is 10.1. The zero-order chi connectivity index (χ0) is 19.5. The summed E-state index contributed by atoms with van der Waals surface area (Å²) in [5.41, 5.74) is 2.76. The van der Waals surface area contributed by atoms with Crippen LogP contribution in [-0.4, -0.2) is 16.8 Å². The maximum atomic E-state index is 12.9. The number of nitrogens with one attached hydrogen (secondary N) is 1. The Hall–Kier alpha value is -3.18. The zero-order valence-corrected chi connectivity index (χ0v) is 15.8. The maximum Gasteiger partial charge on any atom is 0.260 e. The van der Waals surface area contributed by atoms with Gasteiger partial charge < -0.3 is 5.32 Å². The molecule has 0 fully saturated rings. The Balaban J connectivity index is 1.56.